The summed E-state index contributed by atoms with van der Waals surface area (Å²) in [4.78, 5) is -1.10. The lowest BCUT2D eigenvalue weighted by molar-refractivity contribution is -0.138. The molecule has 0 spiro atoms. The molecule has 0 aliphatic rings. The first-order chi connectivity index (χ1) is 10.9. The van der Waals surface area contributed by atoms with Crippen LogP contribution in [0.1, 0.15) is 5.56 Å². The van der Waals surface area contributed by atoms with Crippen LogP contribution < -0.4 is 0 Å². The second kappa shape index (κ2) is 6.07. The molecule has 0 saturated heterocycles. The van der Waals surface area contributed by atoms with Gasteiger partial charge >= 0.3 is 11.7 Å². The van der Waals surface area contributed by atoms with Crippen molar-refractivity contribution in [3.8, 4) is 11.1 Å². The van der Waals surface area contributed by atoms with E-state index < -0.39 is 37.5 Å². The maximum Gasteiger partial charge on any atom is 0.501 e. The summed E-state index contributed by atoms with van der Waals surface area (Å²) in [5, 5.41) is 0. The molecule has 0 aromatic heterocycles. The molecule has 2 aromatic carbocycles. The first-order valence-corrected chi connectivity index (χ1v) is 8.41. The highest BCUT2D eigenvalue weighted by molar-refractivity contribution is 9.10. The molecule has 0 N–H and O–H groups in total. The molecule has 130 valence electrons. The Bertz CT molecular complexity index is 872. The quantitative estimate of drug-likeness (QED) is 0.593. The number of benzene rings is 2. The molecule has 0 amide bonds. The zero-order chi connectivity index (χ0) is 18.3. The smallest absolute Gasteiger partial charge is 0.214 e. The Hall–Kier alpha value is -1.55. The summed E-state index contributed by atoms with van der Waals surface area (Å²) in [5.74, 6) is 0. The molecular weight excluding hydrogens is 426 g/mol. The summed E-state index contributed by atoms with van der Waals surface area (Å²) in [5.41, 5.74) is -7.45. The van der Waals surface area contributed by atoms with Gasteiger partial charge in [-0.1, -0.05) is 40.2 Å². The van der Waals surface area contributed by atoms with Gasteiger partial charge in [-0.15, -0.1) is 0 Å². The van der Waals surface area contributed by atoms with Gasteiger partial charge in [-0.25, -0.2) is 8.42 Å². The van der Waals surface area contributed by atoms with E-state index in [-0.39, 0.29) is 10.0 Å². The van der Waals surface area contributed by atoms with Crippen LogP contribution in [0.4, 0.5) is 26.3 Å². The van der Waals surface area contributed by atoms with Crippen molar-refractivity contribution < 1.29 is 34.8 Å². The van der Waals surface area contributed by atoms with Crippen molar-refractivity contribution in [3.05, 3.63) is 52.5 Å². The molecule has 2 nitrogen and oxygen atoms in total. The molecule has 2 rings (SSSR count). The lowest BCUT2D eigenvalue weighted by Gasteiger charge is -2.15. The van der Waals surface area contributed by atoms with Gasteiger partial charge in [-0.3, -0.25) is 0 Å². The Balaban J connectivity index is 2.73. The largest absolute Gasteiger partial charge is 0.501 e. The zero-order valence-electron chi connectivity index (χ0n) is 11.4. The summed E-state index contributed by atoms with van der Waals surface area (Å²) in [6.45, 7) is 0. The molecule has 24 heavy (non-hydrogen) atoms. The molecule has 0 aliphatic carbocycles. The summed E-state index contributed by atoms with van der Waals surface area (Å²) < 4.78 is 100. The predicted molar refractivity (Wildman–Crippen MR) is 77.8 cm³/mol. The van der Waals surface area contributed by atoms with Gasteiger partial charge in [-0.2, -0.15) is 26.3 Å². The molecule has 0 radical (unpaired) electrons. The summed E-state index contributed by atoms with van der Waals surface area (Å²) >= 11 is 2.71. The third-order valence-electron chi connectivity index (χ3n) is 3.06. The highest BCUT2D eigenvalue weighted by atomic mass is 79.9. The van der Waals surface area contributed by atoms with Crippen molar-refractivity contribution in [2.75, 3.05) is 0 Å². The second-order valence-corrected chi connectivity index (χ2v) is 7.40. The van der Waals surface area contributed by atoms with E-state index in [1.807, 2.05) is 0 Å². The van der Waals surface area contributed by atoms with E-state index in [1.165, 1.54) is 6.07 Å². The van der Waals surface area contributed by atoms with Gasteiger partial charge in [0, 0.05) is 10.0 Å². The molecule has 0 fully saturated rings. The fraction of sp³-hybridized carbons (Fsp3) is 0.143. The topological polar surface area (TPSA) is 34.1 Å². The lowest BCUT2D eigenvalue weighted by Crippen LogP contribution is -2.23. The predicted octanol–water partition coefficient (Wildman–Crippen LogP) is 5.43. The van der Waals surface area contributed by atoms with Crippen molar-refractivity contribution >= 4 is 25.8 Å². The van der Waals surface area contributed by atoms with Crippen molar-refractivity contribution in [3.63, 3.8) is 0 Å². The summed E-state index contributed by atoms with van der Waals surface area (Å²) in [7, 11) is -5.71. The Morgan fingerprint density at radius 1 is 0.875 bits per heavy atom. The van der Waals surface area contributed by atoms with Crippen molar-refractivity contribution in [1.82, 2.24) is 0 Å². The molecule has 10 heteroatoms. The molecule has 0 bridgehead atoms. The van der Waals surface area contributed by atoms with E-state index in [0.717, 1.165) is 24.3 Å². The number of hydrogen-bond acceptors (Lipinski definition) is 2. The van der Waals surface area contributed by atoms with E-state index in [0.29, 0.717) is 12.1 Å². The fourth-order valence-corrected chi connectivity index (χ4v) is 3.43. The Morgan fingerprint density at radius 2 is 1.46 bits per heavy atom. The van der Waals surface area contributed by atoms with Crippen LogP contribution in [0.5, 0.6) is 0 Å². The second-order valence-electron chi connectivity index (χ2n) is 4.64. The third kappa shape index (κ3) is 3.44. The monoisotopic (exact) mass is 432 g/mol. The third-order valence-corrected chi connectivity index (χ3v) is 5.30. The highest BCUT2D eigenvalue weighted by Gasteiger charge is 2.48. The Kier molecular flexibility index (Phi) is 4.75. The average molecular weight is 433 g/mol. The summed E-state index contributed by atoms with van der Waals surface area (Å²) in [6.07, 6.45) is -4.76. The standard InChI is InChI=1S/C14H7BrF6O2S/c15-11-6-5-8(7-10(11)13(16,17)18)9-3-1-2-4-12(9)24(22,23)14(19,20)21/h1-7H. The number of alkyl halides is 6. The minimum absolute atomic E-state index is 0.297. The number of halogens is 7. The van der Waals surface area contributed by atoms with Gasteiger partial charge in [0.25, 0.3) is 9.84 Å². The Morgan fingerprint density at radius 3 is 2.00 bits per heavy atom. The van der Waals surface area contributed by atoms with Crippen molar-refractivity contribution in [1.29, 1.82) is 0 Å². The van der Waals surface area contributed by atoms with Crippen LogP contribution in [0.3, 0.4) is 0 Å². The molecular formula is C14H7BrF6O2S. The molecule has 0 atom stereocenters. The minimum atomic E-state index is -5.71. The normalized spacial score (nSPS) is 13.1. The van der Waals surface area contributed by atoms with Crippen LogP contribution in [0.2, 0.25) is 0 Å². The van der Waals surface area contributed by atoms with Crippen molar-refractivity contribution in [2.45, 2.75) is 16.6 Å². The zero-order valence-corrected chi connectivity index (χ0v) is 13.8. The van der Waals surface area contributed by atoms with Gasteiger partial charge in [0.1, 0.15) is 0 Å². The first kappa shape index (κ1) is 18.8. The Labute approximate surface area is 141 Å². The number of hydrogen-bond donors (Lipinski definition) is 0. The molecule has 2 aromatic rings. The molecule has 0 heterocycles. The SMILES string of the molecule is O=S(=O)(c1ccccc1-c1ccc(Br)c(C(F)(F)F)c1)C(F)(F)F. The average Bonchev–Trinajstić information content (AvgIpc) is 2.45. The van der Waals surface area contributed by atoms with Crippen LogP contribution in [-0.4, -0.2) is 13.9 Å². The van der Waals surface area contributed by atoms with Gasteiger partial charge in [0.15, 0.2) is 0 Å². The maximum absolute atomic E-state index is 12.9. The van der Waals surface area contributed by atoms with Gasteiger partial charge in [0.2, 0.25) is 0 Å². The van der Waals surface area contributed by atoms with Gasteiger partial charge < -0.3 is 0 Å². The van der Waals surface area contributed by atoms with Crippen molar-refractivity contribution in [2.24, 2.45) is 0 Å². The first-order valence-electron chi connectivity index (χ1n) is 6.13. The number of rotatable bonds is 2. The van der Waals surface area contributed by atoms with Crippen LogP contribution in [-0.2, 0) is 16.0 Å². The van der Waals surface area contributed by atoms with Gasteiger partial charge in [0.05, 0.1) is 10.5 Å². The van der Waals surface area contributed by atoms with E-state index >= 15 is 0 Å². The molecule has 0 aliphatic heterocycles. The molecule has 0 saturated carbocycles. The van der Waals surface area contributed by atoms with E-state index in [9.17, 15) is 34.8 Å². The van der Waals surface area contributed by atoms with Crippen LogP contribution in [0.15, 0.2) is 51.8 Å². The molecule has 0 unspecified atom stereocenters. The highest BCUT2D eigenvalue weighted by Crippen LogP contribution is 2.40. The van der Waals surface area contributed by atoms with Gasteiger partial charge in [-0.05, 0) is 23.8 Å². The van der Waals surface area contributed by atoms with Crippen LogP contribution in [0, 0.1) is 0 Å². The minimum Gasteiger partial charge on any atom is -0.214 e. The van der Waals surface area contributed by atoms with Crippen LogP contribution in [0.25, 0.3) is 11.1 Å². The number of sulfone groups is 1. The summed E-state index contributed by atoms with van der Waals surface area (Å²) in [6, 6.07) is 6.70. The lowest BCUT2D eigenvalue weighted by atomic mass is 10.0. The van der Waals surface area contributed by atoms with E-state index in [2.05, 4.69) is 15.9 Å². The van der Waals surface area contributed by atoms with E-state index in [4.69, 9.17) is 0 Å². The van der Waals surface area contributed by atoms with Crippen LogP contribution >= 0.6 is 15.9 Å². The van der Waals surface area contributed by atoms with E-state index in [1.54, 1.807) is 0 Å². The maximum atomic E-state index is 12.9. The fourth-order valence-electron chi connectivity index (χ4n) is 1.97.